The maximum atomic E-state index is 4.99. The van der Waals surface area contributed by atoms with E-state index < -0.39 is 0 Å². The molecule has 5 aromatic carbocycles. The van der Waals surface area contributed by atoms with Crippen LogP contribution < -0.4 is 0 Å². The maximum absolute atomic E-state index is 4.99. The summed E-state index contributed by atoms with van der Waals surface area (Å²) in [4.78, 5) is 4.99. The number of nitrogens with zero attached hydrogens (tertiary/aromatic N) is 3. The summed E-state index contributed by atoms with van der Waals surface area (Å²) in [7, 11) is 0. The summed E-state index contributed by atoms with van der Waals surface area (Å²) < 4.78 is 4.60. The van der Waals surface area contributed by atoms with Crippen LogP contribution in [-0.2, 0) is 5.41 Å². The van der Waals surface area contributed by atoms with E-state index in [1.165, 1.54) is 55.0 Å². The monoisotopic (exact) mass is 515 g/mol. The van der Waals surface area contributed by atoms with Crippen molar-refractivity contribution >= 4 is 49.3 Å². The number of hydrogen-bond acceptors (Lipinski definition) is 1. The molecule has 0 aliphatic rings. The number of aromatic nitrogens is 3. The van der Waals surface area contributed by atoms with Gasteiger partial charge in [-0.1, -0.05) is 87.5 Å². The van der Waals surface area contributed by atoms with Crippen LogP contribution in [0.2, 0.25) is 0 Å². The molecule has 192 valence electrons. The molecule has 3 heteroatoms. The molecule has 0 fully saturated rings. The van der Waals surface area contributed by atoms with E-state index in [9.17, 15) is 0 Å². The third-order valence-corrected chi connectivity index (χ3v) is 8.29. The second-order valence-electron chi connectivity index (χ2n) is 11.8. The SMILES string of the molecule is CC(C)(C)c1ccc(-n2c3ccccc3c3cc(-c4ccc5nc6c7ccccc7ccn6c5c4)ccc32)cc1. The number of hydrogen-bond donors (Lipinski definition) is 0. The van der Waals surface area contributed by atoms with Crippen LogP contribution >= 0.6 is 0 Å². The van der Waals surface area contributed by atoms with Crippen LogP contribution in [0.1, 0.15) is 26.3 Å². The number of para-hydroxylation sites is 1. The van der Waals surface area contributed by atoms with Crippen molar-refractivity contribution in [2.45, 2.75) is 26.2 Å². The largest absolute Gasteiger partial charge is 0.309 e. The third-order valence-electron chi connectivity index (χ3n) is 8.29. The van der Waals surface area contributed by atoms with Crippen molar-refractivity contribution in [1.82, 2.24) is 14.0 Å². The number of imidazole rings is 1. The Morgan fingerprint density at radius 2 is 1.27 bits per heavy atom. The lowest BCUT2D eigenvalue weighted by molar-refractivity contribution is 0.590. The van der Waals surface area contributed by atoms with Gasteiger partial charge in [-0.3, -0.25) is 4.40 Å². The molecule has 0 aliphatic heterocycles. The lowest BCUT2D eigenvalue weighted by Crippen LogP contribution is -2.10. The van der Waals surface area contributed by atoms with E-state index in [1.54, 1.807) is 0 Å². The third kappa shape index (κ3) is 3.41. The molecule has 8 rings (SSSR count). The quantitative estimate of drug-likeness (QED) is 0.225. The van der Waals surface area contributed by atoms with E-state index in [1.807, 2.05) is 0 Å². The maximum Gasteiger partial charge on any atom is 0.145 e. The molecule has 0 unspecified atom stereocenters. The number of fused-ring (bicyclic) bond motifs is 8. The van der Waals surface area contributed by atoms with Crippen LogP contribution in [0.3, 0.4) is 0 Å². The van der Waals surface area contributed by atoms with Gasteiger partial charge in [-0.15, -0.1) is 0 Å². The van der Waals surface area contributed by atoms with E-state index >= 15 is 0 Å². The van der Waals surface area contributed by atoms with E-state index in [0.29, 0.717) is 0 Å². The Balaban J connectivity index is 1.31. The molecule has 0 radical (unpaired) electrons. The summed E-state index contributed by atoms with van der Waals surface area (Å²) in [6.45, 7) is 6.78. The van der Waals surface area contributed by atoms with Crippen molar-refractivity contribution in [3.8, 4) is 16.8 Å². The Labute approximate surface area is 232 Å². The molecule has 40 heavy (non-hydrogen) atoms. The molecule has 0 atom stereocenters. The first-order valence-corrected chi connectivity index (χ1v) is 13.9. The summed E-state index contributed by atoms with van der Waals surface area (Å²) in [5.41, 5.74) is 10.6. The standard InChI is InChI=1S/C37H29N3/c1-37(2,3)27-14-16-28(17-15-27)40-33-11-7-6-10-30(33)31-22-25(13-19-34(31)40)26-12-18-32-35(23-26)39-21-20-24-8-4-5-9-29(24)36(39)38-32/h4-23H,1-3H3. The average Bonchev–Trinajstić information content (AvgIpc) is 3.52. The number of pyridine rings is 1. The van der Waals surface area contributed by atoms with E-state index in [0.717, 1.165) is 16.7 Å². The summed E-state index contributed by atoms with van der Waals surface area (Å²) in [5, 5.41) is 4.91. The Bertz CT molecular complexity index is 2240. The lowest BCUT2D eigenvalue weighted by Gasteiger charge is -2.19. The highest BCUT2D eigenvalue weighted by Crippen LogP contribution is 2.36. The molecule has 3 aromatic heterocycles. The first kappa shape index (κ1) is 23.0. The Morgan fingerprint density at radius 3 is 2.10 bits per heavy atom. The molecule has 0 saturated carbocycles. The highest BCUT2D eigenvalue weighted by Gasteiger charge is 2.16. The smallest absolute Gasteiger partial charge is 0.145 e. The van der Waals surface area contributed by atoms with Crippen molar-refractivity contribution in [1.29, 1.82) is 0 Å². The van der Waals surface area contributed by atoms with Crippen molar-refractivity contribution in [2.75, 3.05) is 0 Å². The van der Waals surface area contributed by atoms with Gasteiger partial charge in [0.1, 0.15) is 5.65 Å². The van der Waals surface area contributed by atoms with Crippen LogP contribution in [0, 0.1) is 0 Å². The Kier molecular flexibility index (Phi) is 4.78. The average molecular weight is 516 g/mol. The van der Waals surface area contributed by atoms with Gasteiger partial charge in [0, 0.05) is 28.0 Å². The molecule has 3 heterocycles. The van der Waals surface area contributed by atoms with Crippen molar-refractivity contribution in [2.24, 2.45) is 0 Å². The predicted octanol–water partition coefficient (Wildman–Crippen LogP) is 9.70. The minimum absolute atomic E-state index is 0.128. The molecular weight excluding hydrogens is 486 g/mol. The molecular formula is C37H29N3. The van der Waals surface area contributed by atoms with Gasteiger partial charge in [0.2, 0.25) is 0 Å². The second-order valence-corrected chi connectivity index (χ2v) is 11.8. The Hall–Kier alpha value is -4.89. The molecule has 0 aliphatic carbocycles. The molecule has 0 spiro atoms. The fraction of sp³-hybridized carbons (Fsp3) is 0.108. The van der Waals surface area contributed by atoms with Gasteiger partial charge in [-0.2, -0.15) is 0 Å². The van der Waals surface area contributed by atoms with Crippen LogP contribution in [0.25, 0.3) is 66.1 Å². The van der Waals surface area contributed by atoms with E-state index in [-0.39, 0.29) is 5.41 Å². The van der Waals surface area contributed by atoms with Gasteiger partial charge >= 0.3 is 0 Å². The topological polar surface area (TPSA) is 22.2 Å². The zero-order valence-corrected chi connectivity index (χ0v) is 22.9. The molecule has 8 aromatic rings. The van der Waals surface area contributed by atoms with Crippen molar-refractivity contribution in [3.05, 3.63) is 127 Å². The molecule has 0 saturated heterocycles. The fourth-order valence-corrected chi connectivity index (χ4v) is 6.16. The predicted molar refractivity (Wildman–Crippen MR) is 169 cm³/mol. The molecule has 0 bridgehead atoms. The zero-order chi connectivity index (χ0) is 27.0. The van der Waals surface area contributed by atoms with Gasteiger partial charge in [-0.05, 0) is 76.0 Å². The van der Waals surface area contributed by atoms with Crippen molar-refractivity contribution in [3.63, 3.8) is 0 Å². The van der Waals surface area contributed by atoms with Crippen LogP contribution in [-0.4, -0.2) is 14.0 Å². The zero-order valence-electron chi connectivity index (χ0n) is 22.9. The number of rotatable bonds is 2. The van der Waals surface area contributed by atoms with Crippen LogP contribution in [0.15, 0.2) is 121 Å². The van der Waals surface area contributed by atoms with E-state index in [2.05, 4.69) is 151 Å². The molecule has 0 N–H and O–H groups in total. The first-order valence-electron chi connectivity index (χ1n) is 13.9. The lowest BCUT2D eigenvalue weighted by atomic mass is 9.87. The number of benzene rings is 5. The van der Waals surface area contributed by atoms with Gasteiger partial charge in [0.05, 0.1) is 22.1 Å². The summed E-state index contributed by atoms with van der Waals surface area (Å²) in [5.74, 6) is 0. The van der Waals surface area contributed by atoms with E-state index in [4.69, 9.17) is 4.98 Å². The van der Waals surface area contributed by atoms with Gasteiger partial charge < -0.3 is 4.57 Å². The normalized spacial score (nSPS) is 12.4. The minimum Gasteiger partial charge on any atom is -0.309 e. The van der Waals surface area contributed by atoms with Gasteiger partial charge in [-0.25, -0.2) is 4.98 Å². The van der Waals surface area contributed by atoms with Crippen molar-refractivity contribution < 1.29 is 0 Å². The fourth-order valence-electron chi connectivity index (χ4n) is 6.16. The summed E-state index contributed by atoms with van der Waals surface area (Å²) in [6, 6.07) is 41.9. The van der Waals surface area contributed by atoms with Gasteiger partial charge in [0.25, 0.3) is 0 Å². The summed E-state index contributed by atoms with van der Waals surface area (Å²) >= 11 is 0. The van der Waals surface area contributed by atoms with Crippen LogP contribution in [0.5, 0.6) is 0 Å². The highest BCUT2D eigenvalue weighted by molar-refractivity contribution is 6.10. The second kappa shape index (κ2) is 8.30. The first-order chi connectivity index (χ1) is 19.5. The molecule has 3 nitrogen and oxygen atoms in total. The Morgan fingerprint density at radius 1 is 0.575 bits per heavy atom. The van der Waals surface area contributed by atoms with Gasteiger partial charge in [0.15, 0.2) is 0 Å². The molecule has 0 amide bonds. The van der Waals surface area contributed by atoms with Crippen LogP contribution in [0.4, 0.5) is 0 Å². The highest BCUT2D eigenvalue weighted by atomic mass is 15.0. The summed E-state index contributed by atoms with van der Waals surface area (Å²) in [6.07, 6.45) is 2.14. The minimum atomic E-state index is 0.128.